The Kier molecular flexibility index (Phi) is 4.45. The lowest BCUT2D eigenvalue weighted by atomic mass is 9.45. The first kappa shape index (κ1) is 19.8. The van der Waals surface area contributed by atoms with Crippen LogP contribution in [-0.4, -0.2) is 23.1 Å². The van der Waals surface area contributed by atoms with Gasteiger partial charge in [0.2, 0.25) is 0 Å². The fourth-order valence-electron chi connectivity index (χ4n) is 8.04. The number of Topliss-reactive ketones (excluding diaryl/α,β-unsaturated/α-hetero) is 2. The molecule has 4 aliphatic carbocycles. The van der Waals surface area contributed by atoms with Crippen molar-refractivity contribution in [3.05, 3.63) is 11.1 Å². The molecule has 154 valence electrons. The van der Waals surface area contributed by atoms with E-state index in [4.69, 9.17) is 4.74 Å². The number of ether oxygens (including phenoxy) is 1. The molecule has 0 aromatic rings. The van der Waals surface area contributed by atoms with Gasteiger partial charge in [-0.25, -0.2) is 0 Å². The molecule has 4 aliphatic rings. The number of carbonyl (C=O) groups excluding carboxylic acids is 3. The van der Waals surface area contributed by atoms with Crippen molar-refractivity contribution in [2.24, 2.45) is 28.6 Å². The van der Waals surface area contributed by atoms with Crippen LogP contribution in [0.2, 0.25) is 0 Å². The van der Waals surface area contributed by atoms with E-state index in [9.17, 15) is 14.4 Å². The Morgan fingerprint density at radius 2 is 1.64 bits per heavy atom. The summed E-state index contributed by atoms with van der Waals surface area (Å²) in [5.41, 5.74) is 1.31. The van der Waals surface area contributed by atoms with Crippen LogP contribution in [0.4, 0.5) is 0 Å². The maximum Gasteiger partial charge on any atom is 0.303 e. The van der Waals surface area contributed by atoms with Crippen molar-refractivity contribution in [1.82, 2.24) is 0 Å². The van der Waals surface area contributed by atoms with E-state index in [1.54, 1.807) is 6.92 Å². The average molecular weight is 387 g/mol. The summed E-state index contributed by atoms with van der Waals surface area (Å²) in [5, 5.41) is 0. The fraction of sp³-hybridized carbons (Fsp3) is 0.792. The molecule has 4 nitrogen and oxygen atoms in total. The zero-order valence-electron chi connectivity index (χ0n) is 18.0. The second-order valence-corrected chi connectivity index (χ2v) is 10.3. The lowest BCUT2D eigenvalue weighted by Crippen LogP contribution is -2.58. The van der Waals surface area contributed by atoms with Gasteiger partial charge in [0.1, 0.15) is 0 Å². The van der Waals surface area contributed by atoms with Crippen molar-refractivity contribution in [1.29, 1.82) is 0 Å². The molecule has 0 N–H and O–H groups in total. The zero-order chi connectivity index (χ0) is 20.5. The number of hydrogen-bond donors (Lipinski definition) is 0. The zero-order valence-corrected chi connectivity index (χ0v) is 18.0. The Balaban J connectivity index is 1.72. The topological polar surface area (TPSA) is 60.4 Å². The highest BCUT2D eigenvalue weighted by atomic mass is 16.6. The van der Waals surface area contributed by atoms with Gasteiger partial charge in [-0.3, -0.25) is 14.4 Å². The van der Waals surface area contributed by atoms with E-state index >= 15 is 0 Å². The summed E-state index contributed by atoms with van der Waals surface area (Å²) in [6.45, 7) is 9.64. The summed E-state index contributed by atoms with van der Waals surface area (Å²) in [7, 11) is 0. The Morgan fingerprint density at radius 1 is 0.964 bits per heavy atom. The first-order valence-electron chi connectivity index (χ1n) is 11.0. The van der Waals surface area contributed by atoms with Gasteiger partial charge in [-0.2, -0.15) is 0 Å². The molecular weight excluding hydrogens is 352 g/mol. The van der Waals surface area contributed by atoms with Crippen LogP contribution in [0.3, 0.4) is 0 Å². The molecule has 0 saturated heterocycles. The van der Waals surface area contributed by atoms with Crippen LogP contribution in [-0.2, 0) is 19.1 Å². The van der Waals surface area contributed by atoms with Crippen molar-refractivity contribution >= 4 is 17.5 Å². The quantitative estimate of drug-likeness (QED) is 0.640. The highest BCUT2D eigenvalue weighted by Gasteiger charge is 2.67. The molecule has 0 amide bonds. The summed E-state index contributed by atoms with van der Waals surface area (Å²) in [4.78, 5) is 37.0. The van der Waals surface area contributed by atoms with E-state index in [1.807, 2.05) is 6.92 Å². The van der Waals surface area contributed by atoms with E-state index in [2.05, 4.69) is 13.8 Å². The number of hydrogen-bond acceptors (Lipinski definition) is 4. The summed E-state index contributed by atoms with van der Waals surface area (Å²) in [5.74, 6) is 1.51. The molecule has 0 spiro atoms. The van der Waals surface area contributed by atoms with Crippen LogP contribution < -0.4 is 0 Å². The molecule has 0 bridgehead atoms. The van der Waals surface area contributed by atoms with Gasteiger partial charge in [-0.15, -0.1) is 0 Å². The van der Waals surface area contributed by atoms with E-state index < -0.39 is 5.60 Å². The maximum absolute atomic E-state index is 12.8. The van der Waals surface area contributed by atoms with E-state index in [0.717, 1.165) is 44.1 Å². The van der Waals surface area contributed by atoms with E-state index in [0.29, 0.717) is 36.4 Å². The third kappa shape index (κ3) is 2.39. The molecule has 4 rings (SSSR count). The van der Waals surface area contributed by atoms with Gasteiger partial charge in [0, 0.05) is 18.8 Å². The molecule has 3 saturated carbocycles. The standard InChI is InChI=1S/C24H34O4/c1-14-18-7-6-17-19(22(18,4)11-10-21(14)27)8-12-23(5)20(17)9-13-24(23,15(2)25)28-16(3)26/h17,19-20H,6-13H2,1-5H3/t17?,19?,20?,22?,23?,24-/m0/s1. The van der Waals surface area contributed by atoms with Gasteiger partial charge in [-0.05, 0) is 87.5 Å². The molecule has 0 aromatic carbocycles. The van der Waals surface area contributed by atoms with Crippen molar-refractivity contribution < 1.29 is 19.1 Å². The Labute approximate surface area is 168 Å². The van der Waals surface area contributed by atoms with Crippen molar-refractivity contribution in [2.45, 2.75) is 91.6 Å². The third-order valence-electron chi connectivity index (χ3n) is 9.42. The van der Waals surface area contributed by atoms with Crippen LogP contribution >= 0.6 is 0 Å². The molecule has 4 heteroatoms. The van der Waals surface area contributed by atoms with Gasteiger partial charge in [-0.1, -0.05) is 19.4 Å². The Bertz CT molecular complexity index is 779. The first-order chi connectivity index (χ1) is 13.1. The third-order valence-corrected chi connectivity index (χ3v) is 9.42. The number of rotatable bonds is 2. The largest absolute Gasteiger partial charge is 0.451 e. The first-order valence-corrected chi connectivity index (χ1v) is 11.0. The minimum Gasteiger partial charge on any atom is -0.451 e. The van der Waals surface area contributed by atoms with Crippen molar-refractivity contribution in [3.8, 4) is 0 Å². The summed E-state index contributed by atoms with van der Waals surface area (Å²) >= 11 is 0. The van der Waals surface area contributed by atoms with E-state index in [1.165, 1.54) is 12.5 Å². The maximum atomic E-state index is 12.8. The molecule has 0 aromatic heterocycles. The number of esters is 1. The monoisotopic (exact) mass is 386 g/mol. The van der Waals surface area contributed by atoms with Gasteiger partial charge < -0.3 is 4.74 Å². The average Bonchev–Trinajstić information content (AvgIpc) is 2.92. The van der Waals surface area contributed by atoms with Crippen LogP contribution in [0.25, 0.3) is 0 Å². The summed E-state index contributed by atoms with van der Waals surface area (Å²) < 4.78 is 5.83. The second kappa shape index (κ2) is 6.27. The van der Waals surface area contributed by atoms with Crippen molar-refractivity contribution in [3.63, 3.8) is 0 Å². The van der Waals surface area contributed by atoms with Gasteiger partial charge in [0.25, 0.3) is 0 Å². The summed E-state index contributed by atoms with van der Waals surface area (Å²) in [6.07, 6.45) is 7.31. The second-order valence-electron chi connectivity index (χ2n) is 10.3. The number of ketones is 2. The smallest absolute Gasteiger partial charge is 0.303 e. The predicted octanol–water partition coefficient (Wildman–Crippen LogP) is 4.80. The molecular formula is C24H34O4. The Morgan fingerprint density at radius 3 is 2.29 bits per heavy atom. The highest BCUT2D eigenvalue weighted by Crippen LogP contribution is 2.68. The molecule has 28 heavy (non-hydrogen) atoms. The lowest BCUT2D eigenvalue weighted by Gasteiger charge is -2.59. The SMILES string of the molecule is CC(=O)O[C@]1(C(C)=O)CCC2C3CCC4=C(C)C(=O)CCC4(C)C3CCC21C. The number of fused-ring (bicyclic) bond motifs is 5. The highest BCUT2D eigenvalue weighted by molar-refractivity contribution is 5.96. The normalized spacial score (nSPS) is 45.2. The summed E-state index contributed by atoms with van der Waals surface area (Å²) in [6, 6.07) is 0. The minimum absolute atomic E-state index is 0.00728. The van der Waals surface area contributed by atoms with Gasteiger partial charge >= 0.3 is 5.97 Å². The number of carbonyl (C=O) groups is 3. The molecule has 0 aliphatic heterocycles. The fourth-order valence-corrected chi connectivity index (χ4v) is 8.04. The predicted molar refractivity (Wildman–Crippen MR) is 107 cm³/mol. The van der Waals surface area contributed by atoms with Crippen LogP contribution in [0.1, 0.15) is 86.0 Å². The molecule has 0 heterocycles. The van der Waals surface area contributed by atoms with Gasteiger partial charge in [0.05, 0.1) is 0 Å². The van der Waals surface area contributed by atoms with Crippen LogP contribution in [0.5, 0.6) is 0 Å². The molecule has 0 radical (unpaired) electrons. The van der Waals surface area contributed by atoms with E-state index in [-0.39, 0.29) is 22.6 Å². The minimum atomic E-state index is -0.954. The molecule has 6 atom stereocenters. The van der Waals surface area contributed by atoms with Crippen LogP contribution in [0, 0.1) is 28.6 Å². The molecule has 5 unspecified atom stereocenters. The van der Waals surface area contributed by atoms with Crippen LogP contribution in [0.15, 0.2) is 11.1 Å². The Hall–Kier alpha value is -1.45. The van der Waals surface area contributed by atoms with Crippen molar-refractivity contribution in [2.75, 3.05) is 0 Å². The lowest BCUT2D eigenvalue weighted by molar-refractivity contribution is -0.187. The molecule has 3 fully saturated rings. The number of allylic oxidation sites excluding steroid dienone is 1. The van der Waals surface area contributed by atoms with Gasteiger partial charge in [0.15, 0.2) is 17.2 Å².